The fourth-order valence-electron chi connectivity index (χ4n) is 1.85. The van der Waals surface area contributed by atoms with E-state index >= 15 is 0 Å². The molecule has 0 radical (unpaired) electrons. The largest absolute Gasteiger partial charge is 0.459 e. The minimum atomic E-state index is -0.610. The maximum absolute atomic E-state index is 12.1. The third kappa shape index (κ3) is 4.43. The Bertz CT molecular complexity index is 670. The van der Waals surface area contributed by atoms with Crippen molar-refractivity contribution in [1.29, 1.82) is 0 Å². The lowest BCUT2D eigenvalue weighted by Crippen LogP contribution is -2.45. The minimum Gasteiger partial charge on any atom is -0.459 e. The number of carbonyl (C=O) groups is 2. The van der Waals surface area contributed by atoms with Gasteiger partial charge in [-0.25, -0.2) is 0 Å². The Morgan fingerprint density at radius 2 is 1.61 bits per heavy atom. The fraction of sp³-hybridized carbons (Fsp3) is 0.294. The summed E-state index contributed by atoms with van der Waals surface area (Å²) in [6, 6.07) is 9.40. The summed E-state index contributed by atoms with van der Waals surface area (Å²) < 4.78 is 5.02. The molecule has 0 saturated carbocycles. The summed E-state index contributed by atoms with van der Waals surface area (Å²) >= 11 is 0. The van der Waals surface area contributed by atoms with Crippen molar-refractivity contribution < 1.29 is 14.0 Å². The first-order valence-electron chi connectivity index (χ1n) is 7.29. The normalized spacial score (nSPS) is 12.5. The first-order chi connectivity index (χ1) is 10.8. The molecule has 0 unspecified atom stereocenters. The molecule has 2 rings (SSSR count). The maximum Gasteiger partial charge on any atom is 0.291 e. The number of carbonyl (C=O) groups excluding carboxylic acids is 2. The molecule has 6 nitrogen and oxygen atoms in total. The van der Waals surface area contributed by atoms with Gasteiger partial charge in [0.15, 0.2) is 5.76 Å². The average Bonchev–Trinajstić information content (AvgIpc) is 3.01. The Balaban J connectivity index is 1.97. The zero-order chi connectivity index (χ0) is 17.0. The van der Waals surface area contributed by atoms with E-state index in [2.05, 4.69) is 10.6 Å². The van der Waals surface area contributed by atoms with Gasteiger partial charge in [0.2, 0.25) is 5.91 Å². The van der Waals surface area contributed by atoms with Gasteiger partial charge in [0.25, 0.3) is 5.91 Å². The molecule has 0 spiro atoms. The van der Waals surface area contributed by atoms with Crippen LogP contribution in [-0.2, 0) is 4.79 Å². The van der Waals surface area contributed by atoms with E-state index in [1.54, 1.807) is 36.4 Å². The van der Waals surface area contributed by atoms with Crippen LogP contribution >= 0.6 is 0 Å². The molecule has 1 atom stereocenters. The SMILES string of the molecule is CC(C)(C)[C@H](N)C(=O)Nc1ccc(NC(=O)c2ccco2)cc1. The number of hydrogen-bond acceptors (Lipinski definition) is 4. The van der Waals surface area contributed by atoms with Crippen molar-refractivity contribution in [2.45, 2.75) is 26.8 Å². The van der Waals surface area contributed by atoms with E-state index in [1.165, 1.54) is 6.26 Å². The Morgan fingerprint density at radius 1 is 1.04 bits per heavy atom. The molecule has 0 aliphatic heterocycles. The summed E-state index contributed by atoms with van der Waals surface area (Å²) in [5.74, 6) is -0.343. The number of nitrogens with two attached hydrogens (primary N) is 1. The standard InChI is InChI=1S/C17H21N3O3/c1-17(2,3)14(18)16(22)20-12-8-6-11(7-9-12)19-15(21)13-5-4-10-23-13/h4-10,14H,18H2,1-3H3,(H,19,21)(H,20,22)/t14-/m1/s1. The summed E-state index contributed by atoms with van der Waals surface area (Å²) in [4.78, 5) is 23.9. The quantitative estimate of drug-likeness (QED) is 0.808. The highest BCUT2D eigenvalue weighted by atomic mass is 16.3. The minimum absolute atomic E-state index is 0.235. The molecular weight excluding hydrogens is 294 g/mol. The predicted octanol–water partition coefficient (Wildman–Crippen LogP) is 2.84. The molecule has 6 heteroatoms. The van der Waals surface area contributed by atoms with E-state index in [9.17, 15) is 9.59 Å². The molecule has 0 bridgehead atoms. The zero-order valence-corrected chi connectivity index (χ0v) is 13.4. The van der Waals surface area contributed by atoms with Gasteiger partial charge in [-0.3, -0.25) is 9.59 Å². The molecule has 122 valence electrons. The van der Waals surface area contributed by atoms with Gasteiger partial charge in [0, 0.05) is 11.4 Å². The van der Waals surface area contributed by atoms with Crippen LogP contribution < -0.4 is 16.4 Å². The van der Waals surface area contributed by atoms with Crippen molar-refractivity contribution in [3.8, 4) is 0 Å². The smallest absolute Gasteiger partial charge is 0.291 e. The van der Waals surface area contributed by atoms with Crippen molar-refractivity contribution >= 4 is 23.2 Å². The maximum atomic E-state index is 12.1. The lowest BCUT2D eigenvalue weighted by atomic mass is 9.87. The third-order valence-electron chi connectivity index (χ3n) is 3.37. The highest BCUT2D eigenvalue weighted by Gasteiger charge is 2.27. The second-order valence-corrected chi connectivity index (χ2v) is 6.34. The fourth-order valence-corrected chi connectivity index (χ4v) is 1.85. The van der Waals surface area contributed by atoms with Gasteiger partial charge >= 0.3 is 0 Å². The Kier molecular flexibility index (Phi) is 4.86. The van der Waals surface area contributed by atoms with Crippen LogP contribution in [0.25, 0.3) is 0 Å². The van der Waals surface area contributed by atoms with Gasteiger partial charge in [0.1, 0.15) is 0 Å². The third-order valence-corrected chi connectivity index (χ3v) is 3.37. The van der Waals surface area contributed by atoms with Crippen LogP contribution in [-0.4, -0.2) is 17.9 Å². The molecule has 23 heavy (non-hydrogen) atoms. The van der Waals surface area contributed by atoms with Crippen LogP contribution in [0.5, 0.6) is 0 Å². The topological polar surface area (TPSA) is 97.4 Å². The van der Waals surface area contributed by atoms with E-state index in [-0.39, 0.29) is 23.0 Å². The van der Waals surface area contributed by atoms with Crippen LogP contribution in [0.15, 0.2) is 47.1 Å². The number of anilines is 2. The van der Waals surface area contributed by atoms with Crippen molar-refractivity contribution in [2.75, 3.05) is 10.6 Å². The number of nitrogens with one attached hydrogen (secondary N) is 2. The van der Waals surface area contributed by atoms with Gasteiger partial charge in [0.05, 0.1) is 12.3 Å². The zero-order valence-electron chi connectivity index (χ0n) is 13.4. The lowest BCUT2D eigenvalue weighted by molar-refractivity contribution is -0.119. The van der Waals surface area contributed by atoms with Gasteiger partial charge in [-0.15, -0.1) is 0 Å². The predicted molar refractivity (Wildman–Crippen MR) is 89.2 cm³/mol. The molecule has 4 N–H and O–H groups in total. The van der Waals surface area contributed by atoms with Crippen molar-refractivity contribution in [1.82, 2.24) is 0 Å². The van der Waals surface area contributed by atoms with Gasteiger partial charge in [-0.05, 0) is 41.8 Å². The van der Waals surface area contributed by atoms with E-state index in [0.29, 0.717) is 11.4 Å². The van der Waals surface area contributed by atoms with Gasteiger partial charge in [-0.2, -0.15) is 0 Å². The van der Waals surface area contributed by atoms with E-state index in [1.807, 2.05) is 20.8 Å². The van der Waals surface area contributed by atoms with Crippen LogP contribution in [0.1, 0.15) is 31.3 Å². The number of hydrogen-bond donors (Lipinski definition) is 3. The van der Waals surface area contributed by atoms with E-state index < -0.39 is 6.04 Å². The van der Waals surface area contributed by atoms with Crippen molar-refractivity contribution in [3.63, 3.8) is 0 Å². The molecule has 1 aromatic heterocycles. The first kappa shape index (κ1) is 16.8. The number of furan rings is 1. The average molecular weight is 315 g/mol. The second kappa shape index (κ2) is 6.66. The van der Waals surface area contributed by atoms with Crippen molar-refractivity contribution in [3.05, 3.63) is 48.4 Å². The van der Waals surface area contributed by atoms with Crippen LogP contribution in [0.2, 0.25) is 0 Å². The monoisotopic (exact) mass is 315 g/mol. The van der Waals surface area contributed by atoms with E-state index in [0.717, 1.165) is 0 Å². The Morgan fingerprint density at radius 3 is 2.09 bits per heavy atom. The number of amides is 2. The molecule has 0 fully saturated rings. The van der Waals surface area contributed by atoms with E-state index in [4.69, 9.17) is 10.2 Å². The van der Waals surface area contributed by atoms with Crippen LogP contribution in [0.4, 0.5) is 11.4 Å². The first-order valence-corrected chi connectivity index (χ1v) is 7.29. The molecule has 2 aromatic rings. The summed E-state index contributed by atoms with van der Waals surface area (Å²) in [5, 5.41) is 5.46. The summed E-state index contributed by atoms with van der Waals surface area (Å²) in [6.07, 6.45) is 1.44. The Hall–Kier alpha value is -2.60. The summed E-state index contributed by atoms with van der Waals surface area (Å²) in [6.45, 7) is 5.72. The molecule has 1 aromatic carbocycles. The lowest BCUT2D eigenvalue weighted by Gasteiger charge is -2.25. The second-order valence-electron chi connectivity index (χ2n) is 6.34. The molecule has 0 aliphatic carbocycles. The molecule has 0 saturated heterocycles. The number of benzene rings is 1. The Labute approximate surface area is 135 Å². The molecule has 1 heterocycles. The summed E-state index contributed by atoms with van der Waals surface area (Å²) in [5.41, 5.74) is 6.81. The van der Waals surface area contributed by atoms with Gasteiger partial charge < -0.3 is 20.8 Å². The van der Waals surface area contributed by atoms with Gasteiger partial charge in [-0.1, -0.05) is 20.8 Å². The molecule has 2 amide bonds. The van der Waals surface area contributed by atoms with Crippen LogP contribution in [0, 0.1) is 5.41 Å². The number of rotatable bonds is 4. The van der Waals surface area contributed by atoms with Crippen LogP contribution in [0.3, 0.4) is 0 Å². The highest BCUT2D eigenvalue weighted by molar-refractivity contribution is 6.02. The molecular formula is C17H21N3O3. The molecule has 0 aliphatic rings. The summed E-state index contributed by atoms with van der Waals surface area (Å²) in [7, 11) is 0. The van der Waals surface area contributed by atoms with Crippen molar-refractivity contribution in [2.24, 2.45) is 11.1 Å². The highest BCUT2D eigenvalue weighted by Crippen LogP contribution is 2.20.